The number of hydrogen-bond donors (Lipinski definition) is 2. The predicted octanol–water partition coefficient (Wildman–Crippen LogP) is 3.82. The van der Waals surface area contributed by atoms with Gasteiger partial charge in [-0.05, 0) is 69.8 Å². The molecule has 2 saturated heterocycles. The third kappa shape index (κ3) is 8.77. The van der Waals surface area contributed by atoms with Crippen LogP contribution in [0, 0.1) is 18.8 Å². The van der Waals surface area contributed by atoms with Crippen LogP contribution in [0.5, 0.6) is 5.75 Å². The van der Waals surface area contributed by atoms with Gasteiger partial charge in [0.25, 0.3) is 0 Å². The van der Waals surface area contributed by atoms with Crippen LogP contribution >= 0.6 is 24.0 Å². The number of hydrogen-bond acceptors (Lipinski definition) is 4. The average molecular weight is 545 g/mol. The van der Waals surface area contributed by atoms with Crippen LogP contribution < -0.4 is 15.4 Å². The number of ether oxygens (including phenoxy) is 2. The number of piperidine rings is 1. The molecule has 2 N–H and O–H groups in total. The van der Waals surface area contributed by atoms with Gasteiger partial charge in [-0.25, -0.2) is 0 Å². The quantitative estimate of drug-likeness (QED) is 0.281. The summed E-state index contributed by atoms with van der Waals surface area (Å²) in [5.41, 5.74) is 2.38. The first kappa shape index (κ1) is 26.2. The van der Waals surface area contributed by atoms with Crippen LogP contribution in [0.15, 0.2) is 23.2 Å². The van der Waals surface area contributed by atoms with Crippen molar-refractivity contribution < 1.29 is 9.47 Å². The van der Waals surface area contributed by atoms with Gasteiger partial charge in [0.1, 0.15) is 5.75 Å². The van der Waals surface area contributed by atoms with E-state index in [0.29, 0.717) is 12.5 Å². The summed E-state index contributed by atoms with van der Waals surface area (Å²) in [6, 6.07) is 6.42. The van der Waals surface area contributed by atoms with Crippen molar-refractivity contribution >= 4 is 29.9 Å². The van der Waals surface area contributed by atoms with Crippen LogP contribution in [0.3, 0.4) is 0 Å². The number of aryl methyl sites for hydroxylation is 1. The Kier molecular flexibility index (Phi) is 12.0. The van der Waals surface area contributed by atoms with E-state index in [1.807, 2.05) is 7.05 Å². The molecule has 6 nitrogen and oxygen atoms in total. The fourth-order valence-corrected chi connectivity index (χ4v) is 4.25. The largest absolute Gasteiger partial charge is 0.493 e. The summed E-state index contributed by atoms with van der Waals surface area (Å²) >= 11 is 0. The van der Waals surface area contributed by atoms with E-state index in [-0.39, 0.29) is 24.0 Å². The standard InChI is InChI=1S/C24H40N4O2.HI/c1-4-28-12-8-20(9-13-28)7-11-26-24(25-3)27-16-22-6-5-19(2)15-23(22)30-18-21-10-14-29-17-21;/h5-6,15,20-21H,4,7-14,16-18H2,1-3H3,(H2,25,26,27);1H. The monoisotopic (exact) mass is 544 g/mol. The fraction of sp³-hybridized carbons (Fsp3) is 0.708. The average Bonchev–Trinajstić information content (AvgIpc) is 3.29. The van der Waals surface area contributed by atoms with Gasteiger partial charge in [0.15, 0.2) is 5.96 Å². The lowest BCUT2D eigenvalue weighted by Crippen LogP contribution is -2.39. The van der Waals surface area contributed by atoms with Crippen molar-refractivity contribution in [3.63, 3.8) is 0 Å². The highest BCUT2D eigenvalue weighted by atomic mass is 127. The summed E-state index contributed by atoms with van der Waals surface area (Å²) < 4.78 is 11.6. The van der Waals surface area contributed by atoms with E-state index in [2.05, 4.69) is 52.6 Å². The van der Waals surface area contributed by atoms with Gasteiger partial charge in [-0.15, -0.1) is 24.0 Å². The SMILES string of the molecule is CCN1CCC(CCNC(=NC)NCc2ccc(C)cc2OCC2CCOC2)CC1.I. The van der Waals surface area contributed by atoms with Gasteiger partial charge in [0.2, 0.25) is 0 Å². The van der Waals surface area contributed by atoms with Crippen LogP contribution in [0.25, 0.3) is 0 Å². The van der Waals surface area contributed by atoms with Crippen molar-refractivity contribution in [3.8, 4) is 5.75 Å². The molecule has 0 amide bonds. The first-order valence-electron chi connectivity index (χ1n) is 11.6. The molecule has 31 heavy (non-hydrogen) atoms. The summed E-state index contributed by atoms with van der Waals surface area (Å²) in [7, 11) is 1.84. The zero-order valence-electron chi connectivity index (χ0n) is 19.5. The third-order valence-electron chi connectivity index (χ3n) is 6.39. The van der Waals surface area contributed by atoms with Crippen molar-refractivity contribution in [2.24, 2.45) is 16.8 Å². The molecule has 1 aromatic carbocycles. The fourth-order valence-electron chi connectivity index (χ4n) is 4.25. The molecule has 0 radical (unpaired) electrons. The second-order valence-electron chi connectivity index (χ2n) is 8.67. The van der Waals surface area contributed by atoms with Crippen LogP contribution in [0.2, 0.25) is 0 Å². The van der Waals surface area contributed by atoms with E-state index in [4.69, 9.17) is 9.47 Å². The molecular weight excluding hydrogens is 503 g/mol. The highest BCUT2D eigenvalue weighted by Gasteiger charge is 2.18. The van der Waals surface area contributed by atoms with E-state index in [0.717, 1.165) is 56.0 Å². The molecule has 0 saturated carbocycles. The van der Waals surface area contributed by atoms with Gasteiger partial charge < -0.3 is 25.0 Å². The van der Waals surface area contributed by atoms with E-state index >= 15 is 0 Å². The molecule has 1 aromatic rings. The normalized spacial score (nSPS) is 20.4. The van der Waals surface area contributed by atoms with Gasteiger partial charge in [-0.1, -0.05) is 19.1 Å². The predicted molar refractivity (Wildman–Crippen MR) is 139 cm³/mol. The Balaban J connectivity index is 0.00000341. The van der Waals surface area contributed by atoms with E-state index in [9.17, 15) is 0 Å². The topological polar surface area (TPSA) is 58.1 Å². The molecule has 2 heterocycles. The molecule has 0 bridgehead atoms. The van der Waals surface area contributed by atoms with Crippen molar-refractivity contribution in [2.45, 2.75) is 46.1 Å². The number of guanidine groups is 1. The van der Waals surface area contributed by atoms with Gasteiger partial charge in [-0.2, -0.15) is 0 Å². The smallest absolute Gasteiger partial charge is 0.191 e. The Labute approximate surface area is 205 Å². The van der Waals surface area contributed by atoms with E-state index in [1.54, 1.807) is 0 Å². The minimum Gasteiger partial charge on any atom is -0.493 e. The summed E-state index contributed by atoms with van der Waals surface area (Å²) in [5, 5.41) is 6.94. The Bertz CT molecular complexity index is 672. The third-order valence-corrected chi connectivity index (χ3v) is 6.39. The lowest BCUT2D eigenvalue weighted by atomic mass is 9.93. The molecule has 176 valence electrons. The second kappa shape index (κ2) is 14.2. The Morgan fingerprint density at radius 3 is 2.68 bits per heavy atom. The number of nitrogens with one attached hydrogen (secondary N) is 2. The molecule has 7 heteroatoms. The summed E-state index contributed by atoms with van der Waals surface area (Å²) in [6.45, 7) is 12.1. The van der Waals surface area contributed by atoms with Gasteiger partial charge in [0, 0.05) is 38.2 Å². The number of halogens is 1. The van der Waals surface area contributed by atoms with E-state index in [1.165, 1.54) is 44.5 Å². The first-order valence-corrected chi connectivity index (χ1v) is 11.6. The minimum atomic E-state index is 0. The van der Waals surface area contributed by atoms with Crippen molar-refractivity contribution in [2.75, 3.05) is 53.0 Å². The van der Waals surface area contributed by atoms with Gasteiger partial charge in [-0.3, -0.25) is 4.99 Å². The highest BCUT2D eigenvalue weighted by molar-refractivity contribution is 14.0. The first-order chi connectivity index (χ1) is 14.7. The molecule has 0 spiro atoms. The maximum Gasteiger partial charge on any atom is 0.191 e. The van der Waals surface area contributed by atoms with Crippen molar-refractivity contribution in [1.29, 1.82) is 0 Å². The molecule has 3 rings (SSSR count). The molecule has 1 atom stereocenters. The van der Waals surface area contributed by atoms with Gasteiger partial charge >= 0.3 is 0 Å². The Morgan fingerprint density at radius 2 is 2.00 bits per heavy atom. The molecule has 2 aliphatic rings. The summed E-state index contributed by atoms with van der Waals surface area (Å²) in [4.78, 5) is 6.94. The molecule has 2 fully saturated rings. The second-order valence-corrected chi connectivity index (χ2v) is 8.67. The maximum atomic E-state index is 6.16. The number of benzene rings is 1. The summed E-state index contributed by atoms with van der Waals surface area (Å²) in [6.07, 6.45) is 4.93. The van der Waals surface area contributed by atoms with Crippen molar-refractivity contribution in [1.82, 2.24) is 15.5 Å². The molecule has 0 aromatic heterocycles. The zero-order chi connectivity index (χ0) is 21.2. The number of aliphatic imine (C=N–C) groups is 1. The molecule has 2 aliphatic heterocycles. The lowest BCUT2D eigenvalue weighted by Gasteiger charge is -2.31. The van der Waals surface area contributed by atoms with Crippen LogP contribution in [-0.2, 0) is 11.3 Å². The van der Waals surface area contributed by atoms with Crippen molar-refractivity contribution in [3.05, 3.63) is 29.3 Å². The number of rotatable bonds is 9. The highest BCUT2D eigenvalue weighted by Crippen LogP contribution is 2.23. The maximum absolute atomic E-state index is 6.16. The van der Waals surface area contributed by atoms with Crippen LogP contribution in [-0.4, -0.2) is 63.9 Å². The zero-order valence-corrected chi connectivity index (χ0v) is 21.8. The van der Waals surface area contributed by atoms with E-state index < -0.39 is 0 Å². The molecule has 1 unspecified atom stereocenters. The summed E-state index contributed by atoms with van der Waals surface area (Å²) in [5.74, 6) is 3.16. The lowest BCUT2D eigenvalue weighted by molar-refractivity contribution is 0.166. The Morgan fingerprint density at radius 1 is 1.19 bits per heavy atom. The number of nitrogens with zero attached hydrogens (tertiary/aromatic N) is 2. The molecule has 0 aliphatic carbocycles. The van der Waals surface area contributed by atoms with Crippen LogP contribution in [0.1, 0.15) is 43.7 Å². The number of likely N-dealkylation sites (tertiary alicyclic amines) is 1. The Hall–Kier alpha value is -1.06. The molecular formula is C24H41IN4O2. The minimum absolute atomic E-state index is 0. The van der Waals surface area contributed by atoms with Gasteiger partial charge in [0.05, 0.1) is 13.2 Å². The van der Waals surface area contributed by atoms with Crippen LogP contribution in [0.4, 0.5) is 0 Å².